The molecule has 2 amide bonds. The van der Waals surface area contributed by atoms with Crippen molar-refractivity contribution >= 4 is 17.3 Å². The number of fused-ring (bicyclic) bond motifs is 1. The van der Waals surface area contributed by atoms with Gasteiger partial charge in [-0.05, 0) is 52.8 Å². The maximum absolute atomic E-state index is 12.7. The van der Waals surface area contributed by atoms with Crippen LogP contribution < -0.4 is 5.32 Å². The molecule has 4 heteroatoms. The number of carbonyl (C=O) groups excluding carboxylic acids is 1. The number of rotatable bonds is 4. The van der Waals surface area contributed by atoms with Crippen LogP contribution in [0, 0.1) is 0 Å². The van der Waals surface area contributed by atoms with Gasteiger partial charge < -0.3 is 10.2 Å². The topological polar surface area (TPSA) is 35.6 Å². The Morgan fingerprint density at radius 3 is 2.31 bits per heavy atom. The van der Waals surface area contributed by atoms with Crippen LogP contribution in [0.2, 0.25) is 0 Å². The van der Waals surface area contributed by atoms with Crippen molar-refractivity contribution in [3.05, 3.63) is 107 Å². The lowest BCUT2D eigenvalue weighted by Gasteiger charge is -2.29. The normalized spacial score (nSPS) is 16.2. The lowest BCUT2D eigenvalue weighted by molar-refractivity contribution is 0.206. The van der Waals surface area contributed by atoms with E-state index in [1.54, 1.807) is 0 Å². The first-order chi connectivity index (χ1) is 15.7. The molecule has 3 aromatic rings. The summed E-state index contributed by atoms with van der Waals surface area (Å²) < 4.78 is 0. The van der Waals surface area contributed by atoms with Crippen molar-refractivity contribution in [1.29, 1.82) is 0 Å². The maximum Gasteiger partial charge on any atom is 0.322 e. The minimum atomic E-state index is -0.0271. The van der Waals surface area contributed by atoms with Crippen LogP contribution in [-0.4, -0.2) is 35.5 Å². The monoisotopic (exact) mass is 423 g/mol. The van der Waals surface area contributed by atoms with E-state index in [-0.39, 0.29) is 6.03 Å². The molecule has 0 saturated heterocycles. The van der Waals surface area contributed by atoms with Gasteiger partial charge >= 0.3 is 6.03 Å². The van der Waals surface area contributed by atoms with Crippen molar-refractivity contribution in [3.8, 4) is 0 Å². The molecule has 0 aromatic heterocycles. The molecule has 0 unspecified atom stereocenters. The number of hydrogen-bond donors (Lipinski definition) is 1. The molecule has 32 heavy (non-hydrogen) atoms. The van der Waals surface area contributed by atoms with Crippen molar-refractivity contribution in [2.45, 2.75) is 25.9 Å². The number of urea groups is 1. The summed E-state index contributed by atoms with van der Waals surface area (Å²) in [5.41, 5.74) is 7.44. The van der Waals surface area contributed by atoms with Crippen molar-refractivity contribution < 1.29 is 4.79 Å². The van der Waals surface area contributed by atoms with Crippen molar-refractivity contribution in [2.24, 2.45) is 0 Å². The average Bonchev–Trinajstić information content (AvgIpc) is 2.85. The Labute approximate surface area is 190 Å². The Morgan fingerprint density at radius 2 is 1.56 bits per heavy atom. The SMILES string of the molecule is O=C(Nc1ccc(C2=CCN(Cc3ccccc3)CC2)cc1)N1CCc2ccccc2C1. The summed E-state index contributed by atoms with van der Waals surface area (Å²) in [5.74, 6) is 0. The predicted octanol–water partition coefficient (Wildman–Crippen LogP) is 5.57. The van der Waals surface area contributed by atoms with E-state index in [2.05, 4.69) is 77.0 Å². The summed E-state index contributed by atoms with van der Waals surface area (Å²) in [6.45, 7) is 4.46. The van der Waals surface area contributed by atoms with Gasteiger partial charge in [0, 0.05) is 38.4 Å². The van der Waals surface area contributed by atoms with Gasteiger partial charge in [0.15, 0.2) is 0 Å². The minimum absolute atomic E-state index is 0.0271. The van der Waals surface area contributed by atoms with E-state index >= 15 is 0 Å². The summed E-state index contributed by atoms with van der Waals surface area (Å²) in [6, 6.07) is 27.3. The van der Waals surface area contributed by atoms with Crippen molar-refractivity contribution in [1.82, 2.24) is 9.80 Å². The third-order valence-electron chi connectivity index (χ3n) is 6.47. The summed E-state index contributed by atoms with van der Waals surface area (Å²) in [6.07, 6.45) is 4.30. The second-order valence-corrected chi connectivity index (χ2v) is 8.65. The quantitative estimate of drug-likeness (QED) is 0.596. The third-order valence-corrected chi connectivity index (χ3v) is 6.47. The van der Waals surface area contributed by atoms with Gasteiger partial charge in [-0.3, -0.25) is 4.90 Å². The van der Waals surface area contributed by atoms with Crippen LogP contribution in [0.25, 0.3) is 5.57 Å². The number of carbonyl (C=O) groups is 1. The average molecular weight is 424 g/mol. The van der Waals surface area contributed by atoms with E-state index < -0.39 is 0 Å². The molecular formula is C28H29N3O. The molecule has 0 atom stereocenters. The van der Waals surface area contributed by atoms with Gasteiger partial charge in [-0.25, -0.2) is 4.79 Å². The van der Waals surface area contributed by atoms with Gasteiger partial charge in [-0.15, -0.1) is 0 Å². The summed E-state index contributed by atoms with van der Waals surface area (Å²) in [4.78, 5) is 17.1. The first-order valence-electron chi connectivity index (χ1n) is 11.4. The standard InChI is InChI=1S/C28H29N3O/c32-28(31-19-16-23-8-4-5-9-26(23)21-31)29-27-12-10-24(11-13-27)25-14-17-30(18-15-25)20-22-6-2-1-3-7-22/h1-14H,15-21H2,(H,29,32). The molecule has 2 aliphatic rings. The molecule has 0 fully saturated rings. The fraction of sp³-hybridized carbons (Fsp3) is 0.250. The highest BCUT2D eigenvalue weighted by Crippen LogP contribution is 2.25. The summed E-state index contributed by atoms with van der Waals surface area (Å²) >= 11 is 0. The van der Waals surface area contributed by atoms with Gasteiger partial charge in [-0.1, -0.05) is 72.8 Å². The van der Waals surface area contributed by atoms with Gasteiger partial charge in [0.05, 0.1) is 0 Å². The first-order valence-corrected chi connectivity index (χ1v) is 11.4. The highest BCUT2D eigenvalue weighted by Gasteiger charge is 2.20. The highest BCUT2D eigenvalue weighted by atomic mass is 16.2. The zero-order valence-corrected chi connectivity index (χ0v) is 18.3. The lowest BCUT2D eigenvalue weighted by atomic mass is 9.99. The number of nitrogens with one attached hydrogen (secondary N) is 1. The smallest absolute Gasteiger partial charge is 0.320 e. The number of nitrogens with zero attached hydrogens (tertiary/aromatic N) is 2. The molecule has 0 radical (unpaired) electrons. The van der Waals surface area contributed by atoms with Crippen LogP contribution in [0.3, 0.4) is 0 Å². The molecule has 4 nitrogen and oxygen atoms in total. The Bertz CT molecular complexity index is 1110. The molecule has 0 aliphatic carbocycles. The number of hydrogen-bond acceptors (Lipinski definition) is 2. The van der Waals surface area contributed by atoms with Crippen molar-refractivity contribution in [3.63, 3.8) is 0 Å². The van der Waals surface area contributed by atoms with Crippen LogP contribution in [0.5, 0.6) is 0 Å². The van der Waals surface area contributed by atoms with Gasteiger partial charge in [0.25, 0.3) is 0 Å². The number of benzene rings is 3. The van der Waals surface area contributed by atoms with E-state index in [4.69, 9.17) is 0 Å². The zero-order chi connectivity index (χ0) is 21.8. The maximum atomic E-state index is 12.7. The first kappa shape index (κ1) is 20.5. The molecule has 2 aliphatic heterocycles. The van der Waals surface area contributed by atoms with Crippen LogP contribution in [-0.2, 0) is 19.5 Å². The van der Waals surface area contributed by atoms with E-state index in [9.17, 15) is 4.79 Å². The summed E-state index contributed by atoms with van der Waals surface area (Å²) in [7, 11) is 0. The molecule has 1 N–H and O–H groups in total. The van der Waals surface area contributed by atoms with Crippen molar-refractivity contribution in [2.75, 3.05) is 25.0 Å². The van der Waals surface area contributed by atoms with Gasteiger partial charge in [0.1, 0.15) is 0 Å². The Morgan fingerprint density at radius 1 is 0.812 bits per heavy atom. The van der Waals surface area contributed by atoms with Crippen LogP contribution in [0.4, 0.5) is 10.5 Å². The highest BCUT2D eigenvalue weighted by molar-refractivity contribution is 5.89. The summed E-state index contributed by atoms with van der Waals surface area (Å²) in [5, 5.41) is 3.07. The van der Waals surface area contributed by atoms with E-state index in [0.717, 1.165) is 44.7 Å². The van der Waals surface area contributed by atoms with E-state index in [1.165, 1.54) is 27.8 Å². The van der Waals surface area contributed by atoms with Crippen LogP contribution in [0.1, 0.15) is 28.7 Å². The molecule has 162 valence electrons. The van der Waals surface area contributed by atoms with Gasteiger partial charge in [0.2, 0.25) is 0 Å². The largest absolute Gasteiger partial charge is 0.322 e. The molecule has 0 spiro atoms. The van der Waals surface area contributed by atoms with E-state index in [1.807, 2.05) is 23.1 Å². The van der Waals surface area contributed by atoms with Crippen LogP contribution >= 0.6 is 0 Å². The molecule has 0 bridgehead atoms. The second kappa shape index (κ2) is 9.41. The molecule has 3 aromatic carbocycles. The number of amides is 2. The second-order valence-electron chi connectivity index (χ2n) is 8.65. The predicted molar refractivity (Wildman–Crippen MR) is 130 cm³/mol. The molecular weight excluding hydrogens is 394 g/mol. The fourth-order valence-electron chi connectivity index (χ4n) is 4.60. The Kier molecular flexibility index (Phi) is 6.04. The van der Waals surface area contributed by atoms with Crippen LogP contribution in [0.15, 0.2) is 84.9 Å². The van der Waals surface area contributed by atoms with Gasteiger partial charge in [-0.2, -0.15) is 0 Å². The third kappa shape index (κ3) is 4.76. The Hall–Kier alpha value is -3.37. The molecule has 2 heterocycles. The fourth-order valence-corrected chi connectivity index (χ4v) is 4.60. The minimum Gasteiger partial charge on any atom is -0.320 e. The molecule has 5 rings (SSSR count). The Balaban J connectivity index is 1.16. The number of anilines is 1. The lowest BCUT2D eigenvalue weighted by Crippen LogP contribution is -2.38. The zero-order valence-electron chi connectivity index (χ0n) is 18.3. The molecule has 0 saturated carbocycles. The van der Waals surface area contributed by atoms with E-state index in [0.29, 0.717) is 6.54 Å².